The number of benzene rings is 1. The highest BCUT2D eigenvalue weighted by atomic mass is 19.1. The van der Waals surface area contributed by atoms with E-state index in [9.17, 15) is 9.50 Å². The Morgan fingerprint density at radius 1 is 1.31 bits per heavy atom. The zero-order chi connectivity index (χ0) is 11.7. The maximum atomic E-state index is 13.4. The maximum absolute atomic E-state index is 13.4. The lowest BCUT2D eigenvalue weighted by molar-refractivity contribution is 0.211. The molecule has 0 saturated heterocycles. The van der Waals surface area contributed by atoms with Gasteiger partial charge in [0.25, 0.3) is 0 Å². The standard InChI is InChI=1S/C13H14FNO/c1-9-5-6-10(8-11(9)14)13(16)12-4-3-7-15(12)2/h3-8,13,16H,1-2H3/t13-/m1/s1. The summed E-state index contributed by atoms with van der Waals surface area (Å²) in [6.07, 6.45) is 1.07. The Morgan fingerprint density at radius 2 is 2.06 bits per heavy atom. The minimum atomic E-state index is -0.782. The van der Waals surface area contributed by atoms with Gasteiger partial charge in [0.05, 0.1) is 5.69 Å². The summed E-state index contributed by atoms with van der Waals surface area (Å²) in [7, 11) is 1.85. The summed E-state index contributed by atoms with van der Waals surface area (Å²) in [4.78, 5) is 0. The van der Waals surface area contributed by atoms with Crippen molar-refractivity contribution in [2.45, 2.75) is 13.0 Å². The highest BCUT2D eigenvalue weighted by Gasteiger charge is 2.14. The largest absolute Gasteiger partial charge is 0.382 e. The van der Waals surface area contributed by atoms with Gasteiger partial charge in [-0.15, -0.1) is 0 Å². The molecule has 0 fully saturated rings. The van der Waals surface area contributed by atoms with Gasteiger partial charge in [0.15, 0.2) is 0 Å². The molecule has 0 bridgehead atoms. The van der Waals surface area contributed by atoms with Crippen molar-refractivity contribution >= 4 is 0 Å². The Hall–Kier alpha value is -1.61. The molecule has 0 aliphatic carbocycles. The van der Waals surface area contributed by atoms with Gasteiger partial charge in [0.2, 0.25) is 0 Å². The second-order valence-corrected chi connectivity index (χ2v) is 3.96. The van der Waals surface area contributed by atoms with Crippen molar-refractivity contribution < 1.29 is 9.50 Å². The van der Waals surface area contributed by atoms with Crippen molar-refractivity contribution in [2.75, 3.05) is 0 Å². The van der Waals surface area contributed by atoms with Crippen molar-refractivity contribution in [3.63, 3.8) is 0 Å². The zero-order valence-electron chi connectivity index (χ0n) is 9.31. The van der Waals surface area contributed by atoms with Crippen LogP contribution in [0.3, 0.4) is 0 Å². The van der Waals surface area contributed by atoms with Gasteiger partial charge in [-0.1, -0.05) is 12.1 Å². The van der Waals surface area contributed by atoms with Crippen LogP contribution in [-0.4, -0.2) is 9.67 Å². The predicted molar refractivity (Wildman–Crippen MR) is 60.6 cm³/mol. The molecule has 0 aliphatic rings. The minimum absolute atomic E-state index is 0.286. The summed E-state index contributed by atoms with van der Waals surface area (Å²) >= 11 is 0. The van der Waals surface area contributed by atoms with Gasteiger partial charge >= 0.3 is 0 Å². The molecule has 3 heteroatoms. The van der Waals surface area contributed by atoms with Gasteiger partial charge in [-0.05, 0) is 36.2 Å². The van der Waals surface area contributed by atoms with Gasteiger partial charge in [-0.25, -0.2) is 4.39 Å². The molecule has 0 amide bonds. The van der Waals surface area contributed by atoms with Crippen LogP contribution in [0.5, 0.6) is 0 Å². The molecule has 84 valence electrons. The summed E-state index contributed by atoms with van der Waals surface area (Å²) in [5.74, 6) is -0.286. The molecule has 0 unspecified atom stereocenters. The van der Waals surface area contributed by atoms with E-state index in [1.165, 1.54) is 6.07 Å². The van der Waals surface area contributed by atoms with Crippen LogP contribution in [0.4, 0.5) is 4.39 Å². The number of rotatable bonds is 2. The molecule has 16 heavy (non-hydrogen) atoms. The maximum Gasteiger partial charge on any atom is 0.126 e. The van der Waals surface area contributed by atoms with Gasteiger partial charge in [-0.2, -0.15) is 0 Å². The van der Waals surface area contributed by atoms with Crippen LogP contribution >= 0.6 is 0 Å². The third kappa shape index (κ3) is 1.86. The summed E-state index contributed by atoms with van der Waals surface area (Å²) < 4.78 is 15.2. The average Bonchev–Trinajstić information content (AvgIpc) is 2.67. The number of aryl methyl sites for hydroxylation is 2. The van der Waals surface area contributed by atoms with E-state index in [1.807, 2.05) is 29.9 Å². The van der Waals surface area contributed by atoms with Gasteiger partial charge in [-0.3, -0.25) is 0 Å². The molecule has 1 N–H and O–H groups in total. The van der Waals surface area contributed by atoms with Crippen molar-refractivity contribution in [1.82, 2.24) is 4.57 Å². The topological polar surface area (TPSA) is 25.2 Å². The van der Waals surface area contributed by atoms with Crippen molar-refractivity contribution in [3.05, 3.63) is 59.2 Å². The highest BCUT2D eigenvalue weighted by molar-refractivity contribution is 5.30. The molecule has 2 rings (SSSR count). The lowest BCUT2D eigenvalue weighted by Gasteiger charge is -2.13. The van der Waals surface area contributed by atoms with Crippen molar-refractivity contribution in [1.29, 1.82) is 0 Å². The molecular weight excluding hydrogens is 205 g/mol. The lowest BCUT2D eigenvalue weighted by Crippen LogP contribution is -2.05. The van der Waals surface area contributed by atoms with E-state index in [0.717, 1.165) is 5.69 Å². The number of hydrogen-bond acceptors (Lipinski definition) is 1. The normalized spacial score (nSPS) is 12.8. The number of aliphatic hydroxyl groups excluding tert-OH is 1. The molecule has 1 aromatic heterocycles. The van der Waals surface area contributed by atoms with E-state index in [4.69, 9.17) is 0 Å². The summed E-state index contributed by atoms with van der Waals surface area (Å²) in [6.45, 7) is 1.70. The Morgan fingerprint density at radius 3 is 2.62 bits per heavy atom. The second-order valence-electron chi connectivity index (χ2n) is 3.96. The number of nitrogens with zero attached hydrogens (tertiary/aromatic N) is 1. The number of hydrogen-bond donors (Lipinski definition) is 1. The van der Waals surface area contributed by atoms with Crippen LogP contribution in [-0.2, 0) is 7.05 Å². The van der Waals surface area contributed by atoms with E-state index >= 15 is 0 Å². The first kappa shape index (κ1) is 10.9. The van der Waals surface area contributed by atoms with Crippen molar-refractivity contribution in [2.24, 2.45) is 7.05 Å². The third-order valence-electron chi connectivity index (χ3n) is 2.78. The Balaban J connectivity index is 2.38. The first-order chi connectivity index (χ1) is 7.59. The minimum Gasteiger partial charge on any atom is -0.382 e. The fourth-order valence-electron chi connectivity index (χ4n) is 1.71. The lowest BCUT2D eigenvalue weighted by atomic mass is 10.0. The monoisotopic (exact) mass is 219 g/mol. The van der Waals surface area contributed by atoms with Crippen LogP contribution in [0.25, 0.3) is 0 Å². The van der Waals surface area contributed by atoms with Crippen LogP contribution in [0, 0.1) is 12.7 Å². The fourth-order valence-corrected chi connectivity index (χ4v) is 1.71. The van der Waals surface area contributed by atoms with E-state index in [2.05, 4.69) is 0 Å². The van der Waals surface area contributed by atoms with Crippen LogP contribution in [0.1, 0.15) is 22.9 Å². The molecule has 1 atom stereocenters. The van der Waals surface area contributed by atoms with Gasteiger partial charge in [0, 0.05) is 13.2 Å². The first-order valence-electron chi connectivity index (χ1n) is 5.15. The van der Waals surface area contributed by atoms with Gasteiger partial charge < -0.3 is 9.67 Å². The summed E-state index contributed by atoms with van der Waals surface area (Å²) in [5.41, 5.74) is 1.91. The average molecular weight is 219 g/mol. The SMILES string of the molecule is Cc1ccc([C@@H](O)c2cccn2C)cc1F. The number of aliphatic hydroxyl groups is 1. The second kappa shape index (κ2) is 4.10. The molecule has 2 aromatic rings. The van der Waals surface area contributed by atoms with E-state index in [-0.39, 0.29) is 5.82 Å². The molecule has 0 radical (unpaired) electrons. The fraction of sp³-hybridized carbons (Fsp3) is 0.231. The van der Waals surface area contributed by atoms with E-state index in [1.54, 1.807) is 19.1 Å². The molecule has 1 heterocycles. The van der Waals surface area contributed by atoms with Crippen LogP contribution in [0.15, 0.2) is 36.5 Å². The highest BCUT2D eigenvalue weighted by Crippen LogP contribution is 2.23. The molecule has 0 aliphatic heterocycles. The summed E-state index contributed by atoms with van der Waals surface area (Å²) in [5, 5.41) is 10.1. The van der Waals surface area contributed by atoms with E-state index < -0.39 is 6.10 Å². The van der Waals surface area contributed by atoms with Crippen molar-refractivity contribution in [3.8, 4) is 0 Å². The molecular formula is C13H14FNO. The molecule has 0 saturated carbocycles. The third-order valence-corrected chi connectivity index (χ3v) is 2.78. The Kier molecular flexibility index (Phi) is 2.79. The number of aromatic nitrogens is 1. The molecule has 1 aromatic carbocycles. The van der Waals surface area contributed by atoms with Crippen LogP contribution < -0.4 is 0 Å². The molecule has 0 spiro atoms. The summed E-state index contributed by atoms with van der Waals surface area (Å²) in [6, 6.07) is 8.48. The smallest absolute Gasteiger partial charge is 0.126 e. The van der Waals surface area contributed by atoms with Crippen LogP contribution in [0.2, 0.25) is 0 Å². The quantitative estimate of drug-likeness (QED) is 0.825. The van der Waals surface area contributed by atoms with E-state index in [0.29, 0.717) is 11.1 Å². The first-order valence-corrected chi connectivity index (χ1v) is 5.15. The van der Waals surface area contributed by atoms with Gasteiger partial charge in [0.1, 0.15) is 11.9 Å². The number of halogens is 1. The molecule has 2 nitrogen and oxygen atoms in total. The zero-order valence-corrected chi connectivity index (χ0v) is 9.31. The predicted octanol–water partition coefficient (Wildman–Crippen LogP) is 2.55. The Bertz CT molecular complexity index is 504. The Labute approximate surface area is 94.0 Å².